The fraction of sp³-hybridized carbons (Fsp3) is 0.333. The lowest BCUT2D eigenvalue weighted by molar-refractivity contribution is 0.289. The summed E-state index contributed by atoms with van der Waals surface area (Å²) in [4.78, 5) is -0.0127. The van der Waals surface area contributed by atoms with Crippen LogP contribution in [-0.4, -0.2) is 26.7 Å². The fourth-order valence-electron chi connectivity index (χ4n) is 1.10. The van der Waals surface area contributed by atoms with Gasteiger partial charge in [-0.1, -0.05) is 11.6 Å². The van der Waals surface area contributed by atoms with Gasteiger partial charge in [-0.05, 0) is 24.6 Å². The van der Waals surface area contributed by atoms with E-state index in [0.717, 1.165) is 0 Å². The van der Waals surface area contributed by atoms with Gasteiger partial charge >= 0.3 is 0 Å². The van der Waals surface area contributed by atoms with Crippen LogP contribution in [0.1, 0.15) is 6.42 Å². The van der Waals surface area contributed by atoms with Gasteiger partial charge in [0, 0.05) is 18.8 Å². The highest BCUT2D eigenvalue weighted by Gasteiger charge is 2.16. The topological polar surface area (TPSA) is 92.4 Å². The molecule has 0 bridgehead atoms. The summed E-state index contributed by atoms with van der Waals surface area (Å²) in [5, 5.41) is 8.63. The SMILES string of the molecule is Nc1ccc(S(=O)(=O)NCCCO)c(Cl)c1. The summed E-state index contributed by atoms with van der Waals surface area (Å²) in [5.74, 6) is 0. The van der Waals surface area contributed by atoms with Gasteiger partial charge in [0.05, 0.1) is 5.02 Å². The van der Waals surface area contributed by atoms with Crippen LogP contribution in [0, 0.1) is 0 Å². The van der Waals surface area contributed by atoms with Crippen LogP contribution in [0.3, 0.4) is 0 Å². The van der Waals surface area contributed by atoms with Gasteiger partial charge < -0.3 is 10.8 Å². The molecule has 0 aliphatic rings. The Bertz CT molecular complexity index is 462. The van der Waals surface area contributed by atoms with Crippen LogP contribution in [0.5, 0.6) is 0 Å². The summed E-state index contributed by atoms with van der Waals surface area (Å²) >= 11 is 5.78. The minimum Gasteiger partial charge on any atom is -0.399 e. The molecular formula is C9H13ClN2O3S. The summed E-state index contributed by atoms with van der Waals surface area (Å²) in [7, 11) is -3.63. The molecular weight excluding hydrogens is 252 g/mol. The van der Waals surface area contributed by atoms with Gasteiger partial charge in [-0.2, -0.15) is 0 Å². The number of hydrogen-bond donors (Lipinski definition) is 3. The molecule has 0 aliphatic carbocycles. The highest BCUT2D eigenvalue weighted by Crippen LogP contribution is 2.23. The minimum absolute atomic E-state index is 0.0127. The number of hydrogen-bond acceptors (Lipinski definition) is 4. The van der Waals surface area contributed by atoms with E-state index in [2.05, 4.69) is 4.72 Å². The van der Waals surface area contributed by atoms with E-state index in [4.69, 9.17) is 22.4 Å². The molecule has 0 amide bonds. The number of nitrogen functional groups attached to an aromatic ring is 1. The highest BCUT2D eigenvalue weighted by molar-refractivity contribution is 7.89. The van der Waals surface area contributed by atoms with E-state index in [9.17, 15) is 8.42 Å². The lowest BCUT2D eigenvalue weighted by Crippen LogP contribution is -2.25. The average molecular weight is 265 g/mol. The van der Waals surface area contributed by atoms with Crippen LogP contribution in [0.15, 0.2) is 23.1 Å². The van der Waals surface area contributed by atoms with E-state index in [0.29, 0.717) is 12.1 Å². The molecule has 1 aromatic rings. The first-order chi connectivity index (χ1) is 7.47. The van der Waals surface area contributed by atoms with Crippen molar-refractivity contribution >= 4 is 27.3 Å². The Hall–Kier alpha value is -0.820. The zero-order valence-corrected chi connectivity index (χ0v) is 10.1. The van der Waals surface area contributed by atoms with Gasteiger partial charge in [0.15, 0.2) is 0 Å². The van der Waals surface area contributed by atoms with Crippen molar-refractivity contribution in [3.63, 3.8) is 0 Å². The Morgan fingerprint density at radius 1 is 1.44 bits per heavy atom. The molecule has 0 saturated heterocycles. The van der Waals surface area contributed by atoms with E-state index in [-0.39, 0.29) is 23.1 Å². The van der Waals surface area contributed by atoms with Gasteiger partial charge in [-0.3, -0.25) is 0 Å². The lowest BCUT2D eigenvalue weighted by atomic mass is 10.3. The Labute approximate surface area is 99.3 Å². The molecule has 0 fully saturated rings. The predicted octanol–water partition coefficient (Wildman–Crippen LogP) is 0.583. The van der Waals surface area contributed by atoms with Crippen LogP contribution < -0.4 is 10.5 Å². The predicted molar refractivity (Wildman–Crippen MR) is 62.8 cm³/mol. The molecule has 0 heterocycles. The molecule has 4 N–H and O–H groups in total. The number of sulfonamides is 1. The number of nitrogens with one attached hydrogen (secondary N) is 1. The number of aliphatic hydroxyl groups is 1. The number of anilines is 1. The van der Waals surface area contributed by atoms with Crippen molar-refractivity contribution < 1.29 is 13.5 Å². The van der Waals surface area contributed by atoms with Crippen molar-refractivity contribution in [3.8, 4) is 0 Å². The normalized spacial score (nSPS) is 11.6. The lowest BCUT2D eigenvalue weighted by Gasteiger charge is -2.08. The molecule has 0 unspecified atom stereocenters. The minimum atomic E-state index is -3.63. The molecule has 0 saturated carbocycles. The second kappa shape index (κ2) is 5.49. The number of nitrogens with two attached hydrogens (primary N) is 1. The molecule has 0 spiro atoms. The van der Waals surface area contributed by atoms with E-state index < -0.39 is 10.0 Å². The Balaban J connectivity index is 2.90. The third-order valence-electron chi connectivity index (χ3n) is 1.87. The standard InChI is InChI=1S/C9H13ClN2O3S/c10-8-6-7(11)2-3-9(8)16(14,15)12-4-1-5-13/h2-3,6,12-13H,1,4-5,11H2. The van der Waals surface area contributed by atoms with Crippen LogP contribution in [0.25, 0.3) is 0 Å². The summed E-state index contributed by atoms with van der Waals surface area (Å²) < 4.78 is 25.8. The van der Waals surface area contributed by atoms with Crippen molar-refractivity contribution in [2.24, 2.45) is 0 Å². The van der Waals surface area contributed by atoms with Gasteiger partial charge in [0.1, 0.15) is 4.90 Å². The molecule has 1 aromatic carbocycles. The Morgan fingerprint density at radius 3 is 2.69 bits per heavy atom. The van der Waals surface area contributed by atoms with Crippen LogP contribution in [-0.2, 0) is 10.0 Å². The van der Waals surface area contributed by atoms with Crippen molar-refractivity contribution in [1.82, 2.24) is 4.72 Å². The van der Waals surface area contributed by atoms with Gasteiger partial charge in [-0.25, -0.2) is 13.1 Å². The number of aliphatic hydroxyl groups excluding tert-OH is 1. The van der Waals surface area contributed by atoms with Crippen molar-refractivity contribution in [2.75, 3.05) is 18.9 Å². The molecule has 0 aromatic heterocycles. The maximum atomic E-state index is 11.7. The largest absolute Gasteiger partial charge is 0.399 e. The summed E-state index contributed by atoms with van der Waals surface area (Å²) in [6, 6.07) is 4.19. The summed E-state index contributed by atoms with van der Waals surface area (Å²) in [6.07, 6.45) is 0.353. The number of halogens is 1. The first-order valence-electron chi connectivity index (χ1n) is 4.63. The van der Waals surface area contributed by atoms with Crippen molar-refractivity contribution in [2.45, 2.75) is 11.3 Å². The van der Waals surface area contributed by atoms with Crippen LogP contribution >= 0.6 is 11.6 Å². The van der Waals surface area contributed by atoms with Gasteiger partial charge in [0.2, 0.25) is 10.0 Å². The van der Waals surface area contributed by atoms with E-state index in [1.165, 1.54) is 18.2 Å². The molecule has 5 nitrogen and oxygen atoms in total. The Morgan fingerprint density at radius 2 is 2.12 bits per heavy atom. The van der Waals surface area contributed by atoms with Gasteiger partial charge in [0.25, 0.3) is 0 Å². The number of benzene rings is 1. The maximum Gasteiger partial charge on any atom is 0.242 e. The van der Waals surface area contributed by atoms with Crippen LogP contribution in [0.2, 0.25) is 5.02 Å². The molecule has 7 heteroatoms. The molecule has 0 atom stereocenters. The monoisotopic (exact) mass is 264 g/mol. The molecule has 0 radical (unpaired) electrons. The molecule has 0 aliphatic heterocycles. The zero-order chi connectivity index (χ0) is 12.2. The van der Waals surface area contributed by atoms with Crippen LogP contribution in [0.4, 0.5) is 5.69 Å². The second-order valence-electron chi connectivity index (χ2n) is 3.16. The smallest absolute Gasteiger partial charge is 0.242 e. The highest BCUT2D eigenvalue weighted by atomic mass is 35.5. The molecule has 1 rings (SSSR count). The quantitative estimate of drug-likeness (QED) is 0.536. The molecule has 16 heavy (non-hydrogen) atoms. The first kappa shape index (κ1) is 13.2. The average Bonchev–Trinajstić information content (AvgIpc) is 2.17. The van der Waals surface area contributed by atoms with Crippen molar-refractivity contribution in [1.29, 1.82) is 0 Å². The van der Waals surface area contributed by atoms with Gasteiger partial charge in [-0.15, -0.1) is 0 Å². The van der Waals surface area contributed by atoms with E-state index >= 15 is 0 Å². The third kappa shape index (κ3) is 3.34. The first-order valence-corrected chi connectivity index (χ1v) is 6.49. The van der Waals surface area contributed by atoms with Crippen molar-refractivity contribution in [3.05, 3.63) is 23.2 Å². The maximum absolute atomic E-state index is 11.7. The fourth-order valence-corrected chi connectivity index (χ4v) is 2.72. The third-order valence-corrected chi connectivity index (χ3v) is 3.82. The Kier molecular flexibility index (Phi) is 4.55. The second-order valence-corrected chi connectivity index (χ2v) is 5.31. The number of rotatable bonds is 5. The van der Waals surface area contributed by atoms with E-state index in [1.807, 2.05) is 0 Å². The van der Waals surface area contributed by atoms with E-state index in [1.54, 1.807) is 0 Å². The summed E-state index contributed by atoms with van der Waals surface area (Å²) in [5.41, 5.74) is 5.86. The summed E-state index contributed by atoms with van der Waals surface area (Å²) in [6.45, 7) is 0.0948. The zero-order valence-electron chi connectivity index (χ0n) is 8.48. The molecule has 90 valence electrons.